The average molecular weight is 954 g/mol. The van der Waals surface area contributed by atoms with Crippen LogP contribution in [0.5, 0.6) is 5.75 Å². The summed E-state index contributed by atoms with van der Waals surface area (Å²) in [5, 5.41) is 15.0. The minimum atomic E-state index is -4.70. The second kappa shape index (κ2) is 17.7. The van der Waals surface area contributed by atoms with Crippen LogP contribution >= 0.6 is 11.6 Å². The SMILES string of the molecule is COc1cc(C(=O)N2CCC3(CC2)C[C@@H]3C#Cc2cccc(NC3CCC(=O)NC3=O)c2)ccc1NC(=O)[C@@H]1N[C@@H](CC(C)(C)C)[C@@]2(CNc3cc(C(F)(F)F)ncc32)[C@H]1c1cccc(Cl)c1F. The third-order valence-corrected chi connectivity index (χ3v) is 14.6. The summed E-state index contributed by atoms with van der Waals surface area (Å²) in [6.07, 6.45) is 0.193. The van der Waals surface area contributed by atoms with Crippen molar-refractivity contribution in [1.82, 2.24) is 20.5 Å². The fraction of sp³-hybridized carbons (Fsp3) is 0.431. The number of carbonyl (C=O) groups is 4. The van der Waals surface area contributed by atoms with Gasteiger partial charge in [-0.15, -0.1) is 0 Å². The normalized spacial score (nSPS) is 25.0. The number of ether oxygens (including phenoxy) is 1. The summed E-state index contributed by atoms with van der Waals surface area (Å²) in [6.45, 7) is 7.23. The average Bonchev–Trinajstić information content (AvgIpc) is 3.66. The van der Waals surface area contributed by atoms with Crippen LogP contribution in [-0.4, -0.2) is 78.4 Å². The molecule has 5 aliphatic rings. The van der Waals surface area contributed by atoms with E-state index in [0.29, 0.717) is 37.1 Å². The predicted molar refractivity (Wildman–Crippen MR) is 249 cm³/mol. The number of nitrogens with zero attached hydrogens (tertiary/aromatic N) is 2. The smallest absolute Gasteiger partial charge is 0.433 e. The number of hydrogen-bond donors (Lipinski definition) is 5. The van der Waals surface area contributed by atoms with Crippen molar-refractivity contribution in [2.24, 2.45) is 16.7 Å². The number of hydrogen-bond acceptors (Lipinski definition) is 9. The lowest BCUT2D eigenvalue weighted by molar-refractivity contribution is -0.141. The summed E-state index contributed by atoms with van der Waals surface area (Å²) in [6, 6.07) is 15.7. The van der Waals surface area contributed by atoms with Gasteiger partial charge in [0.25, 0.3) is 5.91 Å². The highest BCUT2D eigenvalue weighted by molar-refractivity contribution is 6.30. The maximum atomic E-state index is 16.3. The van der Waals surface area contributed by atoms with Crippen LogP contribution in [0.25, 0.3) is 0 Å². The molecular weight excluding hydrogens is 902 g/mol. The molecule has 4 fully saturated rings. The van der Waals surface area contributed by atoms with E-state index >= 15 is 4.39 Å². The zero-order valence-electron chi connectivity index (χ0n) is 38.0. The minimum Gasteiger partial charge on any atom is -0.495 e. The summed E-state index contributed by atoms with van der Waals surface area (Å²) in [4.78, 5) is 58.1. The van der Waals surface area contributed by atoms with Gasteiger partial charge in [-0.25, -0.2) is 4.39 Å². The van der Waals surface area contributed by atoms with Crippen molar-refractivity contribution in [2.75, 3.05) is 42.7 Å². The van der Waals surface area contributed by atoms with E-state index in [-0.39, 0.29) is 75.1 Å². The van der Waals surface area contributed by atoms with Crippen LogP contribution in [0.15, 0.2) is 72.9 Å². The number of alkyl halides is 3. The number of piperidine rings is 2. The van der Waals surface area contributed by atoms with E-state index in [9.17, 15) is 32.3 Å². The van der Waals surface area contributed by atoms with Gasteiger partial charge in [-0.1, -0.05) is 62.4 Å². The second-order valence-electron chi connectivity index (χ2n) is 19.9. The van der Waals surface area contributed by atoms with Crippen LogP contribution in [-0.2, 0) is 26.0 Å². The molecule has 356 valence electrons. The molecule has 6 atom stereocenters. The zero-order valence-corrected chi connectivity index (χ0v) is 38.8. The highest BCUT2D eigenvalue weighted by atomic mass is 35.5. The number of imide groups is 1. The number of pyridine rings is 1. The number of amides is 4. The van der Waals surface area contributed by atoms with Gasteiger partial charge in [-0.3, -0.25) is 29.5 Å². The molecule has 3 saturated heterocycles. The van der Waals surface area contributed by atoms with Gasteiger partial charge in [0.15, 0.2) is 0 Å². The van der Waals surface area contributed by atoms with E-state index in [1.54, 1.807) is 30.3 Å². The fourth-order valence-corrected chi connectivity index (χ4v) is 11.0. The van der Waals surface area contributed by atoms with Crippen LogP contribution in [0, 0.1) is 34.4 Å². The van der Waals surface area contributed by atoms with Gasteiger partial charge in [0.1, 0.15) is 23.3 Å². The van der Waals surface area contributed by atoms with Gasteiger partial charge in [-0.2, -0.15) is 13.2 Å². The first-order valence-electron chi connectivity index (χ1n) is 22.8. The molecule has 12 nitrogen and oxygen atoms in total. The number of nitrogens with one attached hydrogen (secondary N) is 5. The van der Waals surface area contributed by atoms with Crippen molar-refractivity contribution < 1.29 is 41.5 Å². The third kappa shape index (κ3) is 8.98. The number of fused-ring (bicyclic) bond motifs is 2. The van der Waals surface area contributed by atoms with E-state index in [4.69, 9.17) is 16.3 Å². The Morgan fingerprint density at radius 2 is 1.79 bits per heavy atom. The summed E-state index contributed by atoms with van der Waals surface area (Å²) in [5.74, 6) is 4.12. The fourth-order valence-electron chi connectivity index (χ4n) is 10.8. The van der Waals surface area contributed by atoms with Gasteiger partial charge in [0, 0.05) is 83.6 Å². The summed E-state index contributed by atoms with van der Waals surface area (Å²) in [5.41, 5.74) is 0.458. The number of likely N-dealkylation sites (tertiary alicyclic amines) is 1. The minimum absolute atomic E-state index is 0.0297. The molecule has 4 aromatic rings. The van der Waals surface area contributed by atoms with Crippen molar-refractivity contribution in [3.05, 3.63) is 112 Å². The van der Waals surface area contributed by atoms with Gasteiger partial charge in [0.05, 0.1) is 23.9 Å². The van der Waals surface area contributed by atoms with Gasteiger partial charge in [-0.05, 0) is 97.0 Å². The monoisotopic (exact) mass is 953 g/mol. The maximum Gasteiger partial charge on any atom is 0.433 e. The number of carbonyl (C=O) groups excluding carboxylic acids is 4. The third-order valence-electron chi connectivity index (χ3n) is 14.3. The van der Waals surface area contributed by atoms with E-state index in [1.807, 2.05) is 49.9 Å². The molecule has 1 aliphatic carbocycles. The van der Waals surface area contributed by atoms with Crippen molar-refractivity contribution >= 4 is 52.3 Å². The Kier molecular flexibility index (Phi) is 12.2. The number of halogens is 5. The van der Waals surface area contributed by atoms with Crippen LogP contribution in [0.1, 0.15) is 98.0 Å². The Hall–Kier alpha value is -6.18. The van der Waals surface area contributed by atoms with E-state index < -0.39 is 53.1 Å². The standard InChI is InChI=1S/C51H52ClF4N7O5/c1-48(2,3)25-40-50(27-58-37-23-39(51(54,55)56)57-26-33(37)50)42(32-9-6-10-34(52)43(32)53)44(61-40)46(66)60-35-14-12-29(22-38(35)68-4)47(67)63-19-17-49(18-20-63)24-30(49)13-11-28-7-5-8-31(21-28)59-36-15-16-41(64)62-45(36)65/h5-10,12,14,21-23,26,30,36,40,42,44,58-59,61H,15-20,24-25,27H2,1-4H3,(H,60,66)(H,62,64,65)/t30-,36?,40-,42-,44+,50-/m0/s1. The Labute approximate surface area is 396 Å². The molecule has 5 N–H and O–H groups in total. The molecule has 68 heavy (non-hydrogen) atoms. The van der Waals surface area contributed by atoms with E-state index in [1.165, 1.54) is 19.4 Å². The topological polar surface area (TPSA) is 154 Å². The Morgan fingerprint density at radius 3 is 2.51 bits per heavy atom. The van der Waals surface area contributed by atoms with E-state index in [2.05, 4.69) is 43.4 Å². The zero-order chi connectivity index (χ0) is 48.3. The first-order valence-corrected chi connectivity index (χ1v) is 23.2. The molecule has 1 unspecified atom stereocenters. The molecule has 4 aliphatic heterocycles. The first kappa shape index (κ1) is 46.9. The summed E-state index contributed by atoms with van der Waals surface area (Å²) < 4.78 is 63.7. The number of benzene rings is 3. The van der Waals surface area contributed by atoms with Crippen molar-refractivity contribution in [3.8, 4) is 17.6 Å². The number of aromatic nitrogens is 1. The predicted octanol–water partition coefficient (Wildman–Crippen LogP) is 8.28. The largest absolute Gasteiger partial charge is 0.495 e. The number of methoxy groups -OCH3 is 1. The lowest BCUT2D eigenvalue weighted by Gasteiger charge is -2.39. The van der Waals surface area contributed by atoms with Crippen LogP contribution < -0.4 is 31.3 Å². The van der Waals surface area contributed by atoms with Crippen LogP contribution in [0.2, 0.25) is 5.02 Å². The molecule has 0 radical (unpaired) electrons. The highest BCUT2D eigenvalue weighted by Crippen LogP contribution is 2.59. The molecule has 1 saturated carbocycles. The number of anilines is 3. The van der Waals surface area contributed by atoms with Crippen LogP contribution in [0.4, 0.5) is 34.6 Å². The Balaban J connectivity index is 0.900. The van der Waals surface area contributed by atoms with Crippen molar-refractivity contribution in [2.45, 2.75) is 94.9 Å². The quantitative estimate of drug-likeness (QED) is 0.0668. The number of rotatable bonds is 8. The lowest BCUT2D eigenvalue weighted by atomic mass is 9.63. The second-order valence-corrected chi connectivity index (χ2v) is 20.3. The van der Waals surface area contributed by atoms with Crippen molar-refractivity contribution in [1.29, 1.82) is 0 Å². The maximum absolute atomic E-state index is 16.3. The summed E-state index contributed by atoms with van der Waals surface area (Å²) >= 11 is 6.37. The summed E-state index contributed by atoms with van der Waals surface area (Å²) in [7, 11) is 1.43. The molecule has 17 heteroatoms. The van der Waals surface area contributed by atoms with Crippen LogP contribution in [0.3, 0.4) is 0 Å². The van der Waals surface area contributed by atoms with Gasteiger partial charge < -0.3 is 30.9 Å². The van der Waals surface area contributed by atoms with Gasteiger partial charge in [0.2, 0.25) is 17.7 Å². The highest BCUT2D eigenvalue weighted by Gasteiger charge is 2.62. The van der Waals surface area contributed by atoms with E-state index in [0.717, 1.165) is 36.6 Å². The Morgan fingerprint density at radius 1 is 1.03 bits per heavy atom. The molecule has 5 heterocycles. The first-order chi connectivity index (χ1) is 32.3. The molecular formula is C51H52ClF4N7O5. The van der Waals surface area contributed by atoms with Gasteiger partial charge >= 0.3 is 6.18 Å². The molecule has 9 rings (SSSR count). The lowest BCUT2D eigenvalue weighted by Crippen LogP contribution is -2.47. The molecule has 2 spiro atoms. The Bertz CT molecular complexity index is 2760. The van der Waals surface area contributed by atoms with Crippen molar-refractivity contribution in [3.63, 3.8) is 0 Å². The molecule has 3 aromatic carbocycles. The molecule has 1 aromatic heterocycles. The molecule has 4 amide bonds. The molecule has 0 bridgehead atoms.